The molecule has 0 aromatic carbocycles. The van der Waals surface area contributed by atoms with E-state index >= 15 is 0 Å². The molecular formula is C20H32N4O. The molecule has 5 heteroatoms. The lowest BCUT2D eigenvalue weighted by atomic mass is 9.67. The van der Waals surface area contributed by atoms with Gasteiger partial charge in [0.25, 0.3) is 0 Å². The van der Waals surface area contributed by atoms with Crippen molar-refractivity contribution >= 4 is 5.91 Å². The van der Waals surface area contributed by atoms with Gasteiger partial charge in [0.2, 0.25) is 5.91 Å². The van der Waals surface area contributed by atoms with Gasteiger partial charge in [-0.15, -0.1) is 10.2 Å². The highest BCUT2D eigenvalue weighted by Gasteiger charge is 2.51. The highest BCUT2D eigenvalue weighted by molar-refractivity contribution is 5.80. The van der Waals surface area contributed by atoms with Crippen LogP contribution in [-0.4, -0.2) is 38.7 Å². The number of rotatable bonds is 4. The fourth-order valence-electron chi connectivity index (χ4n) is 5.24. The van der Waals surface area contributed by atoms with Crippen LogP contribution in [0.2, 0.25) is 0 Å². The summed E-state index contributed by atoms with van der Waals surface area (Å²) in [6.07, 6.45) is 11.7. The highest BCUT2D eigenvalue weighted by atomic mass is 16.2. The summed E-state index contributed by atoms with van der Waals surface area (Å²) >= 11 is 0. The molecule has 2 saturated carbocycles. The van der Waals surface area contributed by atoms with Crippen molar-refractivity contribution in [2.24, 2.45) is 17.3 Å². The van der Waals surface area contributed by atoms with Crippen LogP contribution in [0.3, 0.4) is 0 Å². The third-order valence-electron chi connectivity index (χ3n) is 6.78. The number of hydrogen-bond donors (Lipinski definition) is 0. The first-order chi connectivity index (χ1) is 12.1. The smallest absolute Gasteiger partial charge is 0.225 e. The molecule has 0 N–H and O–H groups in total. The lowest BCUT2D eigenvalue weighted by Gasteiger charge is -2.38. The van der Waals surface area contributed by atoms with E-state index in [0.717, 1.165) is 38.3 Å². The predicted molar refractivity (Wildman–Crippen MR) is 97.0 cm³/mol. The van der Waals surface area contributed by atoms with Gasteiger partial charge in [-0.3, -0.25) is 4.79 Å². The van der Waals surface area contributed by atoms with E-state index in [0.29, 0.717) is 23.7 Å². The molecule has 1 saturated heterocycles. The first-order valence-corrected chi connectivity index (χ1v) is 10.3. The Bertz CT molecular complexity index is 613. The Kier molecular flexibility index (Phi) is 4.59. The van der Waals surface area contributed by atoms with Gasteiger partial charge >= 0.3 is 0 Å². The van der Waals surface area contributed by atoms with E-state index < -0.39 is 0 Å². The Morgan fingerprint density at radius 3 is 2.64 bits per heavy atom. The number of amides is 1. The van der Waals surface area contributed by atoms with Crippen LogP contribution < -0.4 is 0 Å². The van der Waals surface area contributed by atoms with Crippen LogP contribution in [0.25, 0.3) is 0 Å². The van der Waals surface area contributed by atoms with Crippen LogP contribution in [0.15, 0.2) is 6.33 Å². The normalized spacial score (nSPS) is 26.4. The summed E-state index contributed by atoms with van der Waals surface area (Å²) in [6.45, 7) is 7.24. The largest absolute Gasteiger partial charge is 0.341 e. The Hall–Kier alpha value is -1.39. The highest BCUT2D eigenvalue weighted by Crippen LogP contribution is 2.52. The standard InChI is InChI=1S/C20H32N4O/c1-15(2)11-24-14-21-22-18(24)17-12-23(19(25)16-7-6-8-16)13-20(17)9-4-3-5-10-20/h14-17H,3-13H2,1-2H3. The van der Waals surface area contributed by atoms with Crippen molar-refractivity contribution in [1.82, 2.24) is 19.7 Å². The summed E-state index contributed by atoms with van der Waals surface area (Å²) in [6, 6.07) is 0. The van der Waals surface area contributed by atoms with Crippen molar-refractivity contribution < 1.29 is 4.79 Å². The van der Waals surface area contributed by atoms with Gasteiger partial charge in [-0.05, 0) is 37.0 Å². The molecule has 1 unspecified atom stereocenters. The van der Waals surface area contributed by atoms with E-state index in [1.165, 1.54) is 38.5 Å². The third kappa shape index (κ3) is 3.11. The average molecular weight is 345 g/mol. The molecule has 3 fully saturated rings. The molecule has 2 aliphatic carbocycles. The van der Waals surface area contributed by atoms with Gasteiger partial charge in [-0.1, -0.05) is 39.5 Å². The molecule has 1 aliphatic heterocycles. The second kappa shape index (κ2) is 6.73. The maximum atomic E-state index is 12.9. The second-order valence-electron chi connectivity index (χ2n) is 9.06. The van der Waals surface area contributed by atoms with Crippen LogP contribution in [0.1, 0.15) is 77.0 Å². The van der Waals surface area contributed by atoms with Crippen molar-refractivity contribution in [1.29, 1.82) is 0 Å². The molecule has 0 radical (unpaired) electrons. The Labute approximate surface area is 151 Å². The van der Waals surface area contributed by atoms with Crippen molar-refractivity contribution in [2.75, 3.05) is 13.1 Å². The number of hydrogen-bond acceptors (Lipinski definition) is 3. The van der Waals surface area contributed by atoms with Crippen molar-refractivity contribution in [2.45, 2.75) is 77.7 Å². The number of nitrogens with zero attached hydrogens (tertiary/aromatic N) is 4. The zero-order valence-corrected chi connectivity index (χ0v) is 15.8. The quantitative estimate of drug-likeness (QED) is 0.838. The summed E-state index contributed by atoms with van der Waals surface area (Å²) in [4.78, 5) is 15.1. The molecular weight excluding hydrogens is 312 g/mol. The number of carbonyl (C=O) groups excluding carboxylic acids is 1. The van der Waals surface area contributed by atoms with Gasteiger partial charge in [0, 0.05) is 31.5 Å². The Morgan fingerprint density at radius 1 is 1.24 bits per heavy atom. The van der Waals surface area contributed by atoms with Crippen LogP contribution in [0.4, 0.5) is 0 Å². The molecule has 1 atom stereocenters. The molecule has 138 valence electrons. The van der Waals surface area contributed by atoms with Gasteiger partial charge < -0.3 is 9.47 Å². The fourth-order valence-corrected chi connectivity index (χ4v) is 5.24. The molecule has 25 heavy (non-hydrogen) atoms. The number of aromatic nitrogens is 3. The summed E-state index contributed by atoms with van der Waals surface area (Å²) < 4.78 is 2.25. The maximum Gasteiger partial charge on any atom is 0.225 e. The van der Waals surface area contributed by atoms with Crippen LogP contribution in [0.5, 0.6) is 0 Å². The Balaban J connectivity index is 1.61. The van der Waals surface area contributed by atoms with Gasteiger partial charge in [0.1, 0.15) is 12.2 Å². The molecule has 4 rings (SSSR count). The van der Waals surface area contributed by atoms with E-state index in [4.69, 9.17) is 0 Å². The summed E-state index contributed by atoms with van der Waals surface area (Å²) in [5.41, 5.74) is 0.236. The third-order valence-corrected chi connectivity index (χ3v) is 6.78. The maximum absolute atomic E-state index is 12.9. The topological polar surface area (TPSA) is 51.0 Å². The number of carbonyl (C=O) groups is 1. The zero-order chi connectivity index (χ0) is 17.4. The molecule has 5 nitrogen and oxygen atoms in total. The van der Waals surface area contributed by atoms with Crippen molar-refractivity contribution in [3.05, 3.63) is 12.2 Å². The van der Waals surface area contributed by atoms with Gasteiger partial charge in [0.05, 0.1) is 0 Å². The van der Waals surface area contributed by atoms with E-state index in [9.17, 15) is 4.79 Å². The zero-order valence-electron chi connectivity index (χ0n) is 15.8. The molecule has 3 aliphatic rings. The second-order valence-corrected chi connectivity index (χ2v) is 9.06. The van der Waals surface area contributed by atoms with Crippen molar-refractivity contribution in [3.8, 4) is 0 Å². The SMILES string of the molecule is CC(C)Cn1cnnc1C1CN(C(=O)C2CCC2)CC12CCCCC2. The fraction of sp³-hybridized carbons (Fsp3) is 0.850. The summed E-state index contributed by atoms with van der Waals surface area (Å²) in [5, 5.41) is 8.79. The lowest BCUT2D eigenvalue weighted by Crippen LogP contribution is -2.39. The molecule has 1 aromatic heterocycles. The van der Waals surface area contributed by atoms with Gasteiger partial charge in [-0.25, -0.2) is 0 Å². The average Bonchev–Trinajstić information content (AvgIpc) is 3.10. The van der Waals surface area contributed by atoms with Gasteiger partial charge in [0.15, 0.2) is 0 Å². The monoisotopic (exact) mass is 344 g/mol. The lowest BCUT2D eigenvalue weighted by molar-refractivity contribution is -0.137. The van der Waals surface area contributed by atoms with Crippen LogP contribution >= 0.6 is 0 Å². The van der Waals surface area contributed by atoms with Crippen molar-refractivity contribution in [3.63, 3.8) is 0 Å². The molecule has 2 heterocycles. The molecule has 1 spiro atoms. The minimum atomic E-state index is 0.236. The van der Waals surface area contributed by atoms with E-state index in [1.54, 1.807) is 0 Å². The van der Waals surface area contributed by atoms with Gasteiger partial charge in [-0.2, -0.15) is 0 Å². The van der Waals surface area contributed by atoms with Crippen LogP contribution in [0, 0.1) is 17.3 Å². The molecule has 1 amide bonds. The molecule has 1 aromatic rings. The van der Waals surface area contributed by atoms with E-state index in [-0.39, 0.29) is 5.41 Å². The Morgan fingerprint density at radius 2 is 2.00 bits per heavy atom. The minimum absolute atomic E-state index is 0.236. The van der Waals surface area contributed by atoms with E-state index in [1.807, 2.05) is 6.33 Å². The first-order valence-electron chi connectivity index (χ1n) is 10.3. The predicted octanol–water partition coefficient (Wildman–Crippen LogP) is 3.61. The van der Waals surface area contributed by atoms with Crippen LogP contribution in [-0.2, 0) is 11.3 Å². The molecule has 0 bridgehead atoms. The minimum Gasteiger partial charge on any atom is -0.341 e. The van der Waals surface area contributed by atoms with E-state index in [2.05, 4.69) is 33.5 Å². The summed E-state index contributed by atoms with van der Waals surface area (Å²) in [7, 11) is 0. The first kappa shape index (κ1) is 17.0. The number of likely N-dealkylation sites (tertiary alicyclic amines) is 1. The summed E-state index contributed by atoms with van der Waals surface area (Å²) in [5.74, 6) is 2.77.